The Morgan fingerprint density at radius 1 is 1.18 bits per heavy atom. The van der Waals surface area contributed by atoms with Gasteiger partial charge in [-0.3, -0.25) is 9.89 Å². The van der Waals surface area contributed by atoms with E-state index >= 15 is 0 Å². The fourth-order valence-electron chi connectivity index (χ4n) is 4.51. The number of halogens is 1. The summed E-state index contributed by atoms with van der Waals surface area (Å²) in [6, 6.07) is 12.4. The summed E-state index contributed by atoms with van der Waals surface area (Å²) in [5.74, 6) is -0.279. The minimum Gasteiger partial charge on any atom is -0.330 e. The number of carbonyl (C=O) groups is 1. The number of carbonyl (C=O) groups excluding carboxylic acids is 1. The van der Waals surface area contributed by atoms with Gasteiger partial charge in [-0.05, 0) is 53.6 Å². The Kier molecular flexibility index (Phi) is 3.69. The number of benzene rings is 2. The van der Waals surface area contributed by atoms with Gasteiger partial charge in [0, 0.05) is 35.5 Å². The van der Waals surface area contributed by atoms with Crippen LogP contribution in [0.2, 0.25) is 0 Å². The Bertz CT molecular complexity index is 1100. The molecular weight excluding hydrogens is 353 g/mol. The molecular formula is C23H22FN3O. The third kappa shape index (κ3) is 2.82. The van der Waals surface area contributed by atoms with E-state index in [0.29, 0.717) is 13.1 Å². The SMILES string of the molecule is CC1(C)Cc2[nH]nc(-c3ccc4c(c3)CN(Cc3cccc(F)c3)C4=O)c2C1. The monoisotopic (exact) mass is 375 g/mol. The lowest BCUT2D eigenvalue weighted by atomic mass is 9.90. The van der Waals surface area contributed by atoms with Gasteiger partial charge in [-0.25, -0.2) is 4.39 Å². The topological polar surface area (TPSA) is 49.0 Å². The van der Waals surface area contributed by atoms with Gasteiger partial charge in [-0.1, -0.05) is 32.0 Å². The molecule has 5 heteroatoms. The van der Waals surface area contributed by atoms with Gasteiger partial charge in [0.15, 0.2) is 0 Å². The van der Waals surface area contributed by atoms with Gasteiger partial charge in [0.25, 0.3) is 5.91 Å². The van der Waals surface area contributed by atoms with E-state index in [2.05, 4.69) is 30.1 Å². The van der Waals surface area contributed by atoms with E-state index < -0.39 is 0 Å². The molecule has 1 aromatic heterocycles. The van der Waals surface area contributed by atoms with Crippen LogP contribution in [0.3, 0.4) is 0 Å². The number of aromatic amines is 1. The largest absolute Gasteiger partial charge is 0.330 e. The van der Waals surface area contributed by atoms with Gasteiger partial charge in [-0.2, -0.15) is 5.10 Å². The minimum atomic E-state index is -0.278. The Balaban J connectivity index is 1.43. The van der Waals surface area contributed by atoms with E-state index in [1.165, 1.54) is 23.4 Å². The molecule has 2 aliphatic rings. The molecule has 3 aromatic rings. The predicted molar refractivity (Wildman–Crippen MR) is 105 cm³/mol. The van der Waals surface area contributed by atoms with Crippen molar-refractivity contribution in [3.63, 3.8) is 0 Å². The summed E-state index contributed by atoms with van der Waals surface area (Å²) in [5.41, 5.74) is 7.37. The first kappa shape index (κ1) is 17.2. The average molecular weight is 375 g/mol. The molecule has 0 spiro atoms. The highest BCUT2D eigenvalue weighted by atomic mass is 19.1. The normalized spacial score (nSPS) is 17.1. The average Bonchev–Trinajstić information content (AvgIpc) is 3.25. The zero-order chi connectivity index (χ0) is 19.5. The highest BCUT2D eigenvalue weighted by molar-refractivity contribution is 5.99. The highest BCUT2D eigenvalue weighted by Gasteiger charge is 2.33. The van der Waals surface area contributed by atoms with Crippen molar-refractivity contribution in [2.75, 3.05) is 0 Å². The van der Waals surface area contributed by atoms with E-state index in [-0.39, 0.29) is 17.1 Å². The molecule has 1 aliphatic carbocycles. The van der Waals surface area contributed by atoms with Crippen LogP contribution in [0.4, 0.5) is 4.39 Å². The van der Waals surface area contributed by atoms with Crippen LogP contribution in [-0.4, -0.2) is 21.0 Å². The molecule has 1 N–H and O–H groups in total. The molecule has 4 nitrogen and oxygen atoms in total. The molecule has 0 bridgehead atoms. The van der Waals surface area contributed by atoms with Crippen molar-refractivity contribution in [2.24, 2.45) is 5.41 Å². The third-order valence-corrected chi connectivity index (χ3v) is 5.78. The lowest BCUT2D eigenvalue weighted by molar-refractivity contribution is 0.0766. The summed E-state index contributed by atoms with van der Waals surface area (Å²) in [4.78, 5) is 14.5. The van der Waals surface area contributed by atoms with Crippen molar-refractivity contribution < 1.29 is 9.18 Å². The van der Waals surface area contributed by atoms with Crippen molar-refractivity contribution >= 4 is 5.91 Å². The van der Waals surface area contributed by atoms with Crippen LogP contribution in [0.5, 0.6) is 0 Å². The van der Waals surface area contributed by atoms with Crippen molar-refractivity contribution in [3.8, 4) is 11.3 Å². The summed E-state index contributed by atoms with van der Waals surface area (Å²) in [5, 5.41) is 7.75. The Morgan fingerprint density at radius 3 is 2.86 bits per heavy atom. The van der Waals surface area contributed by atoms with Crippen LogP contribution in [0.1, 0.15) is 46.6 Å². The van der Waals surface area contributed by atoms with Gasteiger partial charge in [0.05, 0.1) is 5.69 Å². The van der Waals surface area contributed by atoms with Crippen LogP contribution in [0, 0.1) is 11.2 Å². The zero-order valence-corrected chi connectivity index (χ0v) is 16.1. The van der Waals surface area contributed by atoms with Crippen molar-refractivity contribution in [1.29, 1.82) is 0 Å². The Morgan fingerprint density at radius 2 is 2.04 bits per heavy atom. The van der Waals surface area contributed by atoms with Crippen LogP contribution in [0.15, 0.2) is 42.5 Å². The molecule has 0 fully saturated rings. The van der Waals surface area contributed by atoms with Crippen LogP contribution < -0.4 is 0 Å². The third-order valence-electron chi connectivity index (χ3n) is 5.78. The van der Waals surface area contributed by atoms with Gasteiger partial charge in [-0.15, -0.1) is 0 Å². The molecule has 0 unspecified atom stereocenters. The highest BCUT2D eigenvalue weighted by Crippen LogP contribution is 2.40. The number of rotatable bonds is 3. The van der Waals surface area contributed by atoms with Crippen molar-refractivity contribution in [3.05, 3.63) is 76.2 Å². The number of amides is 1. The Labute approximate surface area is 163 Å². The van der Waals surface area contributed by atoms with E-state index in [1.54, 1.807) is 11.0 Å². The first-order valence-electron chi connectivity index (χ1n) is 9.63. The summed E-state index contributed by atoms with van der Waals surface area (Å²) in [7, 11) is 0. The molecule has 0 saturated carbocycles. The number of nitrogens with one attached hydrogen (secondary N) is 1. The van der Waals surface area contributed by atoms with Crippen LogP contribution in [0.25, 0.3) is 11.3 Å². The van der Waals surface area contributed by atoms with Gasteiger partial charge >= 0.3 is 0 Å². The summed E-state index contributed by atoms with van der Waals surface area (Å²) in [6.07, 6.45) is 2.02. The quantitative estimate of drug-likeness (QED) is 0.733. The second-order valence-electron chi connectivity index (χ2n) is 8.71. The number of hydrogen-bond acceptors (Lipinski definition) is 2. The number of aromatic nitrogens is 2. The first-order chi connectivity index (χ1) is 13.4. The summed E-state index contributed by atoms with van der Waals surface area (Å²) >= 11 is 0. The molecule has 1 aliphatic heterocycles. The molecule has 142 valence electrons. The summed E-state index contributed by atoms with van der Waals surface area (Å²) in [6.45, 7) is 5.50. The van der Waals surface area contributed by atoms with E-state index in [4.69, 9.17) is 0 Å². The smallest absolute Gasteiger partial charge is 0.254 e. The maximum absolute atomic E-state index is 13.5. The maximum Gasteiger partial charge on any atom is 0.254 e. The lowest BCUT2D eigenvalue weighted by Crippen LogP contribution is -2.23. The number of H-pyrrole nitrogens is 1. The number of nitrogens with zero attached hydrogens (tertiary/aromatic N) is 2. The fraction of sp³-hybridized carbons (Fsp3) is 0.304. The lowest BCUT2D eigenvalue weighted by Gasteiger charge is -2.15. The molecule has 2 aromatic carbocycles. The molecule has 2 heterocycles. The summed E-state index contributed by atoms with van der Waals surface area (Å²) < 4.78 is 13.5. The molecule has 0 saturated heterocycles. The van der Waals surface area contributed by atoms with Crippen molar-refractivity contribution in [2.45, 2.75) is 39.8 Å². The van der Waals surface area contributed by atoms with Gasteiger partial charge < -0.3 is 4.90 Å². The van der Waals surface area contributed by atoms with Gasteiger partial charge in [0.2, 0.25) is 0 Å². The second-order valence-corrected chi connectivity index (χ2v) is 8.71. The zero-order valence-electron chi connectivity index (χ0n) is 16.1. The number of fused-ring (bicyclic) bond motifs is 2. The van der Waals surface area contributed by atoms with E-state index in [9.17, 15) is 9.18 Å². The molecule has 5 rings (SSSR count). The molecule has 0 radical (unpaired) electrons. The number of hydrogen-bond donors (Lipinski definition) is 1. The second kappa shape index (κ2) is 6.03. The molecule has 28 heavy (non-hydrogen) atoms. The van der Waals surface area contributed by atoms with Crippen LogP contribution >= 0.6 is 0 Å². The van der Waals surface area contributed by atoms with Crippen molar-refractivity contribution in [1.82, 2.24) is 15.1 Å². The minimum absolute atomic E-state index is 0.000740. The Hall–Kier alpha value is -2.95. The predicted octanol–water partition coefficient (Wildman–Crippen LogP) is 4.50. The molecule has 1 amide bonds. The molecule has 0 atom stereocenters. The van der Waals surface area contributed by atoms with E-state index in [1.807, 2.05) is 18.2 Å². The van der Waals surface area contributed by atoms with E-state index in [0.717, 1.165) is 40.8 Å². The first-order valence-corrected chi connectivity index (χ1v) is 9.63. The standard InChI is InChI=1S/C23H22FN3O/c1-23(2)10-19-20(11-23)25-26-21(19)15-6-7-18-16(9-15)13-27(22(18)28)12-14-4-3-5-17(24)8-14/h3-9H,10-13H2,1-2H3,(H,25,26). The fourth-order valence-corrected chi connectivity index (χ4v) is 4.51. The van der Waals surface area contributed by atoms with Crippen LogP contribution in [-0.2, 0) is 25.9 Å². The maximum atomic E-state index is 13.5. The van der Waals surface area contributed by atoms with Gasteiger partial charge in [0.1, 0.15) is 5.82 Å².